The first-order valence-corrected chi connectivity index (χ1v) is 9.87. The molecule has 0 unspecified atom stereocenters. The molecule has 4 nitrogen and oxygen atoms in total. The largest absolute Gasteiger partial charge is 0.361 e. The topological polar surface area (TPSA) is 54.7 Å². The van der Waals surface area contributed by atoms with E-state index in [4.69, 9.17) is 9.51 Å². The van der Waals surface area contributed by atoms with Crippen molar-refractivity contribution in [2.75, 3.05) is 0 Å². The van der Waals surface area contributed by atoms with Gasteiger partial charge < -0.3 is 9.51 Å². The molecule has 0 aliphatic heterocycles. The third kappa shape index (κ3) is 2.42. The average Bonchev–Trinajstić information content (AvgIpc) is 3.15. The van der Waals surface area contributed by atoms with E-state index < -0.39 is 0 Å². The second-order valence-corrected chi connectivity index (χ2v) is 8.64. The Morgan fingerprint density at radius 1 is 1.12 bits per heavy atom. The molecule has 0 radical (unpaired) electrons. The highest BCUT2D eigenvalue weighted by Crippen LogP contribution is 2.43. The molecule has 1 aliphatic rings. The van der Waals surface area contributed by atoms with E-state index in [1.54, 1.807) is 0 Å². The van der Waals surface area contributed by atoms with E-state index in [1.165, 1.54) is 33.7 Å². The number of fused-ring (bicyclic) bond motifs is 1. The van der Waals surface area contributed by atoms with Crippen LogP contribution in [0.15, 0.2) is 22.7 Å². The third-order valence-corrected chi connectivity index (χ3v) is 6.36. The molecule has 0 atom stereocenters. The van der Waals surface area contributed by atoms with E-state index in [1.807, 2.05) is 25.2 Å². The molecule has 1 saturated carbocycles. The molecule has 3 aromatic heterocycles. The van der Waals surface area contributed by atoms with E-state index >= 15 is 0 Å². The molecule has 1 fully saturated rings. The third-order valence-electron chi connectivity index (χ3n) is 5.18. The summed E-state index contributed by atoms with van der Waals surface area (Å²) in [4.78, 5) is 11.2. The van der Waals surface area contributed by atoms with E-state index in [-0.39, 0.29) is 0 Å². The molecular formula is C21H21N3OS. The minimum atomic E-state index is 0.601. The Kier molecular flexibility index (Phi) is 3.38. The minimum Gasteiger partial charge on any atom is -0.361 e. The lowest BCUT2D eigenvalue weighted by atomic mass is 9.99. The number of benzene rings is 1. The first-order valence-electron chi connectivity index (χ1n) is 9.05. The number of hydrogen-bond donors (Lipinski definition) is 1. The van der Waals surface area contributed by atoms with Crippen molar-refractivity contribution in [3.8, 4) is 21.6 Å². The maximum atomic E-state index is 5.42. The SMILES string of the molecule is Cc1cc(C)c(-c2cc(-c3c(C)noc3C)cc3[nH]c(C4CC4)nc23)s1. The van der Waals surface area contributed by atoms with Crippen LogP contribution in [0, 0.1) is 27.7 Å². The lowest BCUT2D eigenvalue weighted by Crippen LogP contribution is -1.86. The fourth-order valence-electron chi connectivity index (χ4n) is 3.81. The summed E-state index contributed by atoms with van der Waals surface area (Å²) in [6.07, 6.45) is 2.48. The van der Waals surface area contributed by atoms with Crippen LogP contribution in [0.1, 0.15) is 46.5 Å². The molecule has 1 aliphatic carbocycles. The smallest absolute Gasteiger partial charge is 0.141 e. The van der Waals surface area contributed by atoms with Crippen molar-refractivity contribution in [2.24, 2.45) is 0 Å². The van der Waals surface area contributed by atoms with E-state index in [0.29, 0.717) is 5.92 Å². The van der Waals surface area contributed by atoms with Crippen LogP contribution in [0.3, 0.4) is 0 Å². The number of imidazole rings is 1. The van der Waals surface area contributed by atoms with Gasteiger partial charge in [-0.2, -0.15) is 0 Å². The maximum absolute atomic E-state index is 5.42. The zero-order chi connectivity index (χ0) is 18.0. The van der Waals surface area contributed by atoms with E-state index in [9.17, 15) is 0 Å². The number of thiophene rings is 1. The van der Waals surface area contributed by atoms with Gasteiger partial charge in [-0.1, -0.05) is 5.16 Å². The van der Waals surface area contributed by atoms with Crippen LogP contribution >= 0.6 is 11.3 Å². The number of aromatic nitrogens is 3. The van der Waals surface area contributed by atoms with Gasteiger partial charge in [-0.3, -0.25) is 0 Å². The van der Waals surface area contributed by atoms with Crippen LogP contribution in [0.5, 0.6) is 0 Å². The fraction of sp³-hybridized carbons (Fsp3) is 0.333. The molecule has 0 saturated heterocycles. The Labute approximate surface area is 156 Å². The van der Waals surface area contributed by atoms with Gasteiger partial charge in [0, 0.05) is 26.8 Å². The zero-order valence-corrected chi connectivity index (χ0v) is 16.3. The lowest BCUT2D eigenvalue weighted by Gasteiger charge is -2.07. The van der Waals surface area contributed by atoms with E-state index in [0.717, 1.165) is 39.4 Å². The van der Waals surface area contributed by atoms with Crippen molar-refractivity contribution in [1.29, 1.82) is 0 Å². The summed E-state index contributed by atoms with van der Waals surface area (Å²) >= 11 is 1.84. The molecule has 5 heteroatoms. The molecule has 132 valence electrons. The number of aromatic amines is 1. The van der Waals surface area contributed by atoms with Crippen molar-refractivity contribution < 1.29 is 4.52 Å². The normalized spacial score (nSPS) is 14.5. The summed E-state index contributed by atoms with van der Waals surface area (Å²) in [7, 11) is 0. The summed E-state index contributed by atoms with van der Waals surface area (Å²) in [6.45, 7) is 8.32. The predicted molar refractivity (Wildman–Crippen MR) is 106 cm³/mol. The molecule has 26 heavy (non-hydrogen) atoms. The lowest BCUT2D eigenvalue weighted by molar-refractivity contribution is 0.393. The minimum absolute atomic E-state index is 0.601. The van der Waals surface area contributed by atoms with Gasteiger partial charge in [0.1, 0.15) is 11.6 Å². The van der Waals surface area contributed by atoms with Crippen LogP contribution in [-0.4, -0.2) is 15.1 Å². The molecule has 4 aromatic rings. The van der Waals surface area contributed by atoms with Gasteiger partial charge in [0.15, 0.2) is 0 Å². The van der Waals surface area contributed by atoms with Crippen molar-refractivity contribution in [2.45, 2.75) is 46.5 Å². The van der Waals surface area contributed by atoms with Gasteiger partial charge in [-0.15, -0.1) is 11.3 Å². The highest BCUT2D eigenvalue weighted by Gasteiger charge is 2.28. The fourth-order valence-corrected chi connectivity index (χ4v) is 4.85. The summed E-state index contributed by atoms with van der Waals surface area (Å²) in [5.41, 5.74) is 7.84. The van der Waals surface area contributed by atoms with E-state index in [2.05, 4.69) is 42.2 Å². The van der Waals surface area contributed by atoms with Crippen molar-refractivity contribution in [1.82, 2.24) is 15.1 Å². The quantitative estimate of drug-likeness (QED) is 0.481. The van der Waals surface area contributed by atoms with Gasteiger partial charge >= 0.3 is 0 Å². The summed E-state index contributed by atoms with van der Waals surface area (Å²) in [6, 6.07) is 6.70. The Morgan fingerprint density at radius 2 is 1.92 bits per heavy atom. The number of H-pyrrole nitrogens is 1. The molecule has 5 rings (SSSR count). The number of nitrogens with one attached hydrogen (secondary N) is 1. The number of hydrogen-bond acceptors (Lipinski definition) is 4. The molecule has 1 aromatic carbocycles. The van der Waals surface area contributed by atoms with Crippen LogP contribution in [0.25, 0.3) is 32.6 Å². The van der Waals surface area contributed by atoms with Crippen molar-refractivity contribution in [3.05, 3.63) is 45.9 Å². The molecule has 0 spiro atoms. The molecular weight excluding hydrogens is 342 g/mol. The highest BCUT2D eigenvalue weighted by molar-refractivity contribution is 7.15. The number of rotatable bonds is 3. The van der Waals surface area contributed by atoms with Gasteiger partial charge in [0.25, 0.3) is 0 Å². The maximum Gasteiger partial charge on any atom is 0.141 e. The Hall–Kier alpha value is -2.40. The monoisotopic (exact) mass is 363 g/mol. The first-order chi connectivity index (χ1) is 12.5. The van der Waals surface area contributed by atoms with Crippen LogP contribution in [0.4, 0.5) is 0 Å². The zero-order valence-electron chi connectivity index (χ0n) is 15.4. The van der Waals surface area contributed by atoms with Crippen molar-refractivity contribution >= 4 is 22.4 Å². The number of aryl methyl sites for hydroxylation is 4. The average molecular weight is 363 g/mol. The van der Waals surface area contributed by atoms with Gasteiger partial charge in [0.2, 0.25) is 0 Å². The first kappa shape index (κ1) is 15.8. The molecule has 0 bridgehead atoms. The summed E-state index contributed by atoms with van der Waals surface area (Å²) in [5, 5.41) is 4.14. The van der Waals surface area contributed by atoms with Gasteiger partial charge in [-0.25, -0.2) is 4.98 Å². The second-order valence-electron chi connectivity index (χ2n) is 7.38. The Balaban J connectivity index is 1.81. The molecule has 3 heterocycles. The standard InChI is InChI=1S/C21H21N3OS/c1-10-7-11(2)26-20(10)16-8-15(18-12(3)24-25-13(18)4)9-17-19(16)23-21(22-17)14-5-6-14/h7-9,14H,5-6H2,1-4H3,(H,22,23). The molecule has 1 N–H and O–H groups in total. The van der Waals surface area contributed by atoms with Gasteiger partial charge in [-0.05, 0) is 69.9 Å². The molecule has 0 amide bonds. The Morgan fingerprint density at radius 3 is 2.54 bits per heavy atom. The van der Waals surface area contributed by atoms with Crippen LogP contribution < -0.4 is 0 Å². The predicted octanol–water partition coefficient (Wildman–Crippen LogP) is 6.06. The Bertz CT molecular complexity index is 1120. The summed E-state index contributed by atoms with van der Waals surface area (Å²) < 4.78 is 5.42. The van der Waals surface area contributed by atoms with Crippen LogP contribution in [0.2, 0.25) is 0 Å². The highest BCUT2D eigenvalue weighted by atomic mass is 32.1. The summed E-state index contributed by atoms with van der Waals surface area (Å²) in [5.74, 6) is 2.58. The van der Waals surface area contributed by atoms with Crippen molar-refractivity contribution in [3.63, 3.8) is 0 Å². The van der Waals surface area contributed by atoms with Crippen LogP contribution in [-0.2, 0) is 0 Å². The number of nitrogens with zero attached hydrogens (tertiary/aromatic N) is 2. The second kappa shape index (κ2) is 5.55. The van der Waals surface area contributed by atoms with Gasteiger partial charge in [0.05, 0.1) is 16.7 Å².